The molecule has 1 aromatic rings. The Morgan fingerprint density at radius 3 is 2.63 bits per heavy atom. The van der Waals surface area contributed by atoms with Gasteiger partial charge in [0.05, 0.1) is 22.4 Å². The van der Waals surface area contributed by atoms with Gasteiger partial charge in [0, 0.05) is 13.1 Å². The van der Waals surface area contributed by atoms with E-state index in [2.05, 4.69) is 44.9 Å². The van der Waals surface area contributed by atoms with Crippen LogP contribution in [0.2, 0.25) is 0 Å². The van der Waals surface area contributed by atoms with Crippen LogP contribution in [0.4, 0.5) is 0 Å². The lowest BCUT2D eigenvalue weighted by Gasteiger charge is -2.20. The molecule has 6 nitrogen and oxygen atoms in total. The molecule has 1 heterocycles. The first-order valence-electron chi connectivity index (χ1n) is 6.50. The Balaban J connectivity index is 2.93. The normalized spacial score (nSPS) is 12.4. The van der Waals surface area contributed by atoms with E-state index in [0.717, 1.165) is 35.4 Å². The molecule has 1 rings (SSSR count). The average Bonchev–Trinajstić information content (AvgIpc) is 2.73. The molecule has 108 valence electrons. The van der Waals surface area contributed by atoms with Gasteiger partial charge in [0.1, 0.15) is 0 Å². The summed E-state index contributed by atoms with van der Waals surface area (Å²) in [5.41, 5.74) is 7.77. The number of likely N-dealkylation sites (N-methyl/N-ethyl adjacent to an activating group) is 1. The summed E-state index contributed by atoms with van der Waals surface area (Å²) >= 11 is 3.62. The van der Waals surface area contributed by atoms with E-state index in [9.17, 15) is 0 Å². The lowest BCUT2D eigenvalue weighted by Crippen LogP contribution is -2.34. The highest BCUT2D eigenvalue weighted by molar-refractivity contribution is 9.10. The van der Waals surface area contributed by atoms with E-state index in [4.69, 9.17) is 10.9 Å². The highest BCUT2D eigenvalue weighted by Gasteiger charge is 2.16. The van der Waals surface area contributed by atoms with Crippen LogP contribution >= 0.6 is 15.9 Å². The molecule has 3 N–H and O–H groups in total. The van der Waals surface area contributed by atoms with Gasteiger partial charge < -0.3 is 10.9 Å². The second-order valence-corrected chi connectivity index (χ2v) is 5.06. The highest BCUT2D eigenvalue weighted by Crippen LogP contribution is 2.23. The third-order valence-corrected chi connectivity index (χ3v) is 3.94. The lowest BCUT2D eigenvalue weighted by molar-refractivity contribution is 0.289. The zero-order valence-electron chi connectivity index (χ0n) is 11.7. The Kier molecular flexibility index (Phi) is 6.30. The molecule has 0 unspecified atom stereocenters. The maximum Gasteiger partial charge on any atom is 0.153 e. The summed E-state index contributed by atoms with van der Waals surface area (Å²) in [6.07, 6.45) is 0.896. The van der Waals surface area contributed by atoms with Gasteiger partial charge >= 0.3 is 0 Å². The number of nitrogens with zero attached hydrogens (tertiary/aromatic N) is 4. The fraction of sp³-hybridized carbons (Fsp3) is 0.667. The summed E-state index contributed by atoms with van der Waals surface area (Å²) in [6.45, 7) is 9.01. The molecular formula is C12H22BrN5O. The third kappa shape index (κ3) is 3.94. The van der Waals surface area contributed by atoms with Gasteiger partial charge in [-0.3, -0.25) is 9.58 Å². The van der Waals surface area contributed by atoms with Crippen molar-refractivity contribution < 1.29 is 5.21 Å². The number of aryl methyl sites for hydroxylation is 2. The number of amidine groups is 1. The van der Waals surface area contributed by atoms with Crippen LogP contribution < -0.4 is 5.73 Å². The summed E-state index contributed by atoms with van der Waals surface area (Å²) < 4.78 is 3.06. The molecule has 0 aliphatic carbocycles. The second-order valence-electron chi connectivity index (χ2n) is 4.27. The molecule has 7 heteroatoms. The first-order chi connectivity index (χ1) is 9.07. The molecule has 1 aromatic heterocycles. The number of oxime groups is 1. The fourth-order valence-corrected chi connectivity index (χ4v) is 2.61. The van der Waals surface area contributed by atoms with Gasteiger partial charge in [-0.1, -0.05) is 19.0 Å². The Morgan fingerprint density at radius 2 is 2.16 bits per heavy atom. The summed E-state index contributed by atoms with van der Waals surface area (Å²) in [7, 11) is 0. The molecule has 0 spiro atoms. The molecule has 0 bridgehead atoms. The monoisotopic (exact) mass is 331 g/mol. The standard InChI is InChI=1S/C12H22BrN5O/c1-4-9-12(13)10(18(6-3)15-9)7-17(5-2)8-11(14)16-19/h19H,4-8H2,1-3H3,(H2,14,16). The van der Waals surface area contributed by atoms with Gasteiger partial charge in [-0.25, -0.2) is 0 Å². The molecular weight excluding hydrogens is 310 g/mol. The predicted molar refractivity (Wildman–Crippen MR) is 79.3 cm³/mol. The van der Waals surface area contributed by atoms with Crippen molar-refractivity contribution >= 4 is 21.8 Å². The average molecular weight is 332 g/mol. The van der Waals surface area contributed by atoms with Crippen LogP contribution in [0.1, 0.15) is 32.2 Å². The molecule has 0 amide bonds. The Bertz CT molecular complexity index is 444. The molecule has 0 atom stereocenters. The van der Waals surface area contributed by atoms with E-state index in [1.165, 1.54) is 0 Å². The van der Waals surface area contributed by atoms with Crippen LogP contribution in [0.15, 0.2) is 9.63 Å². The molecule has 0 fully saturated rings. The van der Waals surface area contributed by atoms with Crippen LogP contribution in [-0.2, 0) is 19.5 Å². The number of nitrogens with two attached hydrogens (primary N) is 1. The maximum absolute atomic E-state index is 8.65. The smallest absolute Gasteiger partial charge is 0.153 e. The Morgan fingerprint density at radius 1 is 1.47 bits per heavy atom. The van der Waals surface area contributed by atoms with Gasteiger partial charge in [-0.15, -0.1) is 0 Å². The fourth-order valence-electron chi connectivity index (χ4n) is 1.92. The van der Waals surface area contributed by atoms with Crippen molar-refractivity contribution in [2.24, 2.45) is 10.9 Å². The van der Waals surface area contributed by atoms with Gasteiger partial charge in [-0.2, -0.15) is 5.10 Å². The second kappa shape index (κ2) is 7.49. The number of hydrogen-bond acceptors (Lipinski definition) is 4. The molecule has 0 saturated carbocycles. The summed E-state index contributed by atoms with van der Waals surface area (Å²) in [6, 6.07) is 0. The van der Waals surface area contributed by atoms with E-state index in [-0.39, 0.29) is 5.84 Å². The van der Waals surface area contributed by atoms with Crippen molar-refractivity contribution in [2.45, 2.75) is 40.3 Å². The van der Waals surface area contributed by atoms with Crippen molar-refractivity contribution in [1.29, 1.82) is 0 Å². The zero-order chi connectivity index (χ0) is 14.4. The third-order valence-electron chi connectivity index (χ3n) is 3.03. The lowest BCUT2D eigenvalue weighted by atomic mass is 10.3. The van der Waals surface area contributed by atoms with Gasteiger partial charge in [0.15, 0.2) is 5.84 Å². The summed E-state index contributed by atoms with van der Waals surface area (Å²) in [5, 5.41) is 16.2. The maximum atomic E-state index is 8.65. The minimum atomic E-state index is 0.219. The number of aromatic nitrogens is 2. The first kappa shape index (κ1) is 16.0. The van der Waals surface area contributed by atoms with E-state index >= 15 is 0 Å². The highest BCUT2D eigenvalue weighted by atomic mass is 79.9. The zero-order valence-corrected chi connectivity index (χ0v) is 13.3. The van der Waals surface area contributed by atoms with Crippen LogP contribution in [0.5, 0.6) is 0 Å². The van der Waals surface area contributed by atoms with Crippen molar-refractivity contribution in [3.8, 4) is 0 Å². The van der Waals surface area contributed by atoms with Crippen molar-refractivity contribution in [1.82, 2.24) is 14.7 Å². The van der Waals surface area contributed by atoms with Gasteiger partial charge in [0.2, 0.25) is 0 Å². The molecule has 19 heavy (non-hydrogen) atoms. The van der Waals surface area contributed by atoms with Crippen LogP contribution in [-0.4, -0.2) is 38.8 Å². The molecule has 0 aliphatic heterocycles. The van der Waals surface area contributed by atoms with E-state index in [0.29, 0.717) is 13.1 Å². The molecule has 0 saturated heterocycles. The first-order valence-corrected chi connectivity index (χ1v) is 7.29. The Hall–Kier alpha value is -1.08. The van der Waals surface area contributed by atoms with E-state index in [1.807, 2.05) is 11.6 Å². The van der Waals surface area contributed by atoms with Crippen molar-refractivity contribution in [3.05, 3.63) is 15.9 Å². The minimum Gasteiger partial charge on any atom is -0.409 e. The topological polar surface area (TPSA) is 79.7 Å². The van der Waals surface area contributed by atoms with Crippen LogP contribution in [0.25, 0.3) is 0 Å². The quantitative estimate of drug-likeness (QED) is 0.345. The molecule has 0 radical (unpaired) electrons. The summed E-state index contributed by atoms with van der Waals surface area (Å²) in [5.74, 6) is 0.219. The number of halogens is 1. The van der Waals surface area contributed by atoms with Crippen LogP contribution in [0, 0.1) is 0 Å². The predicted octanol–water partition coefficient (Wildman–Crippen LogP) is 1.80. The van der Waals surface area contributed by atoms with E-state index in [1.54, 1.807) is 0 Å². The SMILES string of the molecule is CCc1nn(CC)c(CN(CC)CC(N)=NO)c1Br. The Labute approximate surface area is 122 Å². The summed E-state index contributed by atoms with van der Waals surface area (Å²) in [4.78, 5) is 2.10. The number of rotatable bonds is 7. The van der Waals surface area contributed by atoms with Gasteiger partial charge in [-0.05, 0) is 35.8 Å². The van der Waals surface area contributed by atoms with Crippen LogP contribution in [0.3, 0.4) is 0 Å². The van der Waals surface area contributed by atoms with Crippen molar-refractivity contribution in [2.75, 3.05) is 13.1 Å². The largest absolute Gasteiger partial charge is 0.409 e. The van der Waals surface area contributed by atoms with Crippen molar-refractivity contribution in [3.63, 3.8) is 0 Å². The van der Waals surface area contributed by atoms with E-state index < -0.39 is 0 Å². The molecule has 0 aromatic carbocycles. The molecule has 0 aliphatic rings. The van der Waals surface area contributed by atoms with Gasteiger partial charge in [0.25, 0.3) is 0 Å². The number of hydrogen-bond donors (Lipinski definition) is 2. The minimum absolute atomic E-state index is 0.219.